The highest BCUT2D eigenvalue weighted by atomic mass is 16.6. The number of esters is 2. The van der Waals surface area contributed by atoms with E-state index in [0.29, 0.717) is 18.1 Å². The van der Waals surface area contributed by atoms with Gasteiger partial charge < -0.3 is 18.9 Å². The van der Waals surface area contributed by atoms with Crippen molar-refractivity contribution < 1.29 is 28.5 Å². The summed E-state index contributed by atoms with van der Waals surface area (Å²) in [5, 5.41) is 0. The maximum absolute atomic E-state index is 12.5. The number of hydrogen-bond acceptors (Lipinski definition) is 6. The maximum Gasteiger partial charge on any atom is 0.345 e. The van der Waals surface area contributed by atoms with Crippen LogP contribution in [0.15, 0.2) is 24.3 Å². The van der Waals surface area contributed by atoms with Gasteiger partial charge in [0.15, 0.2) is 5.75 Å². The van der Waals surface area contributed by atoms with Gasteiger partial charge in [0.1, 0.15) is 17.1 Å². The van der Waals surface area contributed by atoms with E-state index in [2.05, 4.69) is 12.2 Å². The summed E-state index contributed by atoms with van der Waals surface area (Å²) in [7, 11) is 1.49. The Balaban J connectivity index is 2.39. The van der Waals surface area contributed by atoms with Crippen LogP contribution >= 0.6 is 0 Å². The van der Waals surface area contributed by atoms with Crippen LogP contribution in [0.25, 0.3) is 0 Å². The fraction of sp³-hybridized carbons (Fsp3) is 0.444. The van der Waals surface area contributed by atoms with Crippen LogP contribution in [0.5, 0.6) is 17.2 Å². The second-order valence-corrected chi connectivity index (χ2v) is 5.33. The Morgan fingerprint density at radius 2 is 1.75 bits per heavy atom. The first kappa shape index (κ1) is 17.8. The molecule has 0 aromatic heterocycles. The lowest BCUT2D eigenvalue weighted by molar-refractivity contribution is -0.131. The van der Waals surface area contributed by atoms with Crippen molar-refractivity contribution in [1.29, 1.82) is 0 Å². The largest absolute Gasteiger partial charge is 0.496 e. The van der Waals surface area contributed by atoms with Crippen LogP contribution in [-0.2, 0) is 9.53 Å². The number of carbonyl (C=O) groups excluding carboxylic acids is 2. The number of rotatable bonds is 2. The summed E-state index contributed by atoms with van der Waals surface area (Å²) < 4.78 is 21.4. The van der Waals surface area contributed by atoms with Crippen molar-refractivity contribution >= 4 is 11.9 Å². The summed E-state index contributed by atoms with van der Waals surface area (Å²) >= 11 is 0. The molecule has 1 aromatic carbocycles. The van der Waals surface area contributed by atoms with E-state index in [9.17, 15) is 9.59 Å². The minimum atomic E-state index is -0.577. The van der Waals surface area contributed by atoms with Crippen molar-refractivity contribution in [2.45, 2.75) is 32.6 Å². The smallest absolute Gasteiger partial charge is 0.345 e. The Morgan fingerprint density at radius 3 is 2.38 bits per heavy atom. The number of fused-ring (bicyclic) bond motifs is 1. The van der Waals surface area contributed by atoms with Gasteiger partial charge in [-0.05, 0) is 25.7 Å². The van der Waals surface area contributed by atoms with Gasteiger partial charge in [-0.1, -0.05) is 12.2 Å². The first-order valence-electron chi connectivity index (χ1n) is 7.97. The van der Waals surface area contributed by atoms with E-state index in [-0.39, 0.29) is 17.9 Å². The predicted octanol–water partition coefficient (Wildman–Crippen LogP) is 3.29. The number of ether oxygens (including phenoxy) is 4. The number of carbonyl (C=O) groups is 2. The van der Waals surface area contributed by atoms with Crippen LogP contribution in [0.3, 0.4) is 0 Å². The summed E-state index contributed by atoms with van der Waals surface area (Å²) in [5.74, 6) is -0.312. The Labute approximate surface area is 141 Å². The molecule has 6 nitrogen and oxygen atoms in total. The fourth-order valence-electron chi connectivity index (χ4n) is 2.29. The Hall–Kier alpha value is -2.50. The highest BCUT2D eigenvalue weighted by Crippen LogP contribution is 2.35. The fourth-order valence-corrected chi connectivity index (χ4v) is 2.29. The Kier molecular flexibility index (Phi) is 6.66. The maximum atomic E-state index is 12.5. The lowest BCUT2D eigenvalue weighted by Crippen LogP contribution is -2.14. The number of allylic oxidation sites excluding steroid dienone is 2. The molecule has 1 aliphatic heterocycles. The van der Waals surface area contributed by atoms with Gasteiger partial charge in [0, 0.05) is 19.1 Å². The van der Waals surface area contributed by atoms with E-state index < -0.39 is 11.9 Å². The van der Waals surface area contributed by atoms with Gasteiger partial charge in [-0.3, -0.25) is 4.79 Å². The van der Waals surface area contributed by atoms with E-state index in [0.717, 1.165) is 25.7 Å². The molecular weight excluding hydrogens is 312 g/mol. The van der Waals surface area contributed by atoms with E-state index in [4.69, 9.17) is 18.9 Å². The van der Waals surface area contributed by atoms with Crippen LogP contribution in [-0.4, -0.2) is 32.3 Å². The van der Waals surface area contributed by atoms with Gasteiger partial charge in [0.05, 0.1) is 20.3 Å². The molecule has 24 heavy (non-hydrogen) atoms. The Bertz CT molecular complexity index is 620. The second kappa shape index (κ2) is 8.96. The molecule has 1 aromatic rings. The molecule has 6 heteroatoms. The third-order valence-corrected chi connectivity index (χ3v) is 3.42. The van der Waals surface area contributed by atoms with Gasteiger partial charge in [-0.2, -0.15) is 0 Å². The average molecular weight is 334 g/mol. The lowest BCUT2D eigenvalue weighted by atomic mass is 10.1. The van der Waals surface area contributed by atoms with Crippen LogP contribution in [0, 0.1) is 0 Å². The third kappa shape index (κ3) is 5.01. The van der Waals surface area contributed by atoms with E-state index in [1.165, 1.54) is 20.1 Å². The lowest BCUT2D eigenvalue weighted by Gasteiger charge is -2.16. The minimum Gasteiger partial charge on any atom is -0.496 e. The molecule has 0 spiro atoms. The molecule has 1 aliphatic rings. The zero-order chi connectivity index (χ0) is 17.4. The second-order valence-electron chi connectivity index (χ2n) is 5.33. The van der Waals surface area contributed by atoms with Crippen molar-refractivity contribution in [3.05, 3.63) is 29.8 Å². The quantitative estimate of drug-likeness (QED) is 0.469. The van der Waals surface area contributed by atoms with Crippen LogP contribution in [0.2, 0.25) is 0 Å². The molecule has 2 rings (SSSR count). The molecule has 0 atom stereocenters. The molecule has 1 heterocycles. The molecule has 0 bridgehead atoms. The highest BCUT2D eigenvalue weighted by molar-refractivity contribution is 5.97. The Morgan fingerprint density at radius 1 is 1.08 bits per heavy atom. The highest BCUT2D eigenvalue weighted by Gasteiger charge is 2.23. The molecule has 0 saturated carbocycles. The van der Waals surface area contributed by atoms with Gasteiger partial charge in [-0.15, -0.1) is 0 Å². The summed E-state index contributed by atoms with van der Waals surface area (Å²) in [5.41, 5.74) is 0.109. The molecule has 0 N–H and O–H groups in total. The van der Waals surface area contributed by atoms with E-state index >= 15 is 0 Å². The van der Waals surface area contributed by atoms with Gasteiger partial charge >= 0.3 is 11.9 Å². The number of methoxy groups -OCH3 is 1. The summed E-state index contributed by atoms with van der Waals surface area (Å²) in [4.78, 5) is 23.8. The topological polar surface area (TPSA) is 71.1 Å². The SMILES string of the molecule is COc1cc2c(c(OC(C)=O)c1)C(=O)OCCCC=CCCCO2. The molecule has 0 saturated heterocycles. The summed E-state index contributed by atoms with van der Waals surface area (Å²) in [6.07, 6.45) is 7.46. The predicted molar refractivity (Wildman–Crippen MR) is 87.7 cm³/mol. The van der Waals surface area contributed by atoms with E-state index in [1.54, 1.807) is 6.07 Å². The first-order chi connectivity index (χ1) is 11.6. The summed E-state index contributed by atoms with van der Waals surface area (Å²) in [6, 6.07) is 3.07. The van der Waals surface area contributed by atoms with Crippen molar-refractivity contribution in [2.75, 3.05) is 20.3 Å². The zero-order valence-electron chi connectivity index (χ0n) is 14.0. The minimum absolute atomic E-state index is 0.0786. The molecule has 0 amide bonds. The molecule has 0 fully saturated rings. The van der Waals surface area contributed by atoms with Crippen molar-refractivity contribution in [1.82, 2.24) is 0 Å². The van der Waals surface area contributed by atoms with Gasteiger partial charge in [0.25, 0.3) is 0 Å². The van der Waals surface area contributed by atoms with Crippen LogP contribution in [0.4, 0.5) is 0 Å². The molecule has 0 unspecified atom stereocenters. The zero-order valence-corrected chi connectivity index (χ0v) is 14.0. The van der Waals surface area contributed by atoms with Crippen LogP contribution in [0.1, 0.15) is 43.0 Å². The average Bonchev–Trinajstić information content (AvgIpc) is 2.56. The normalized spacial score (nSPS) is 15.7. The number of hydrogen-bond donors (Lipinski definition) is 0. The number of cyclic esters (lactones) is 1. The van der Waals surface area contributed by atoms with Crippen molar-refractivity contribution in [2.24, 2.45) is 0 Å². The molecule has 130 valence electrons. The summed E-state index contributed by atoms with van der Waals surface area (Å²) in [6.45, 7) is 1.98. The number of benzene rings is 1. The van der Waals surface area contributed by atoms with E-state index in [1.807, 2.05) is 0 Å². The van der Waals surface area contributed by atoms with Gasteiger partial charge in [0.2, 0.25) is 0 Å². The molecular formula is C18H22O6. The molecule has 0 aliphatic carbocycles. The monoisotopic (exact) mass is 334 g/mol. The van der Waals surface area contributed by atoms with Crippen molar-refractivity contribution in [3.8, 4) is 17.2 Å². The standard InChI is InChI=1S/C18H22O6/c1-13(19)24-16-12-14(21-2)11-15-17(16)18(20)23-10-8-6-4-3-5-7-9-22-15/h3-4,11-12H,5-10H2,1-2H3. The van der Waals surface area contributed by atoms with Crippen molar-refractivity contribution in [3.63, 3.8) is 0 Å². The molecule has 0 radical (unpaired) electrons. The van der Waals surface area contributed by atoms with Gasteiger partial charge in [-0.25, -0.2) is 4.79 Å². The van der Waals surface area contributed by atoms with Crippen LogP contribution < -0.4 is 14.2 Å². The first-order valence-corrected chi connectivity index (χ1v) is 7.97. The third-order valence-electron chi connectivity index (χ3n) is 3.42.